The number of amides is 1. The molecule has 2 aromatic rings. The van der Waals surface area contributed by atoms with E-state index in [1.807, 2.05) is 37.4 Å². The van der Waals surface area contributed by atoms with E-state index in [-0.39, 0.29) is 5.91 Å². The molecule has 126 valence electrons. The summed E-state index contributed by atoms with van der Waals surface area (Å²) in [6, 6.07) is 14.2. The Kier molecular flexibility index (Phi) is 5.43. The van der Waals surface area contributed by atoms with Crippen LogP contribution >= 0.6 is 0 Å². The molecular formula is C19H24N4O. The van der Waals surface area contributed by atoms with Crippen LogP contribution in [0.3, 0.4) is 0 Å². The van der Waals surface area contributed by atoms with E-state index < -0.39 is 0 Å². The summed E-state index contributed by atoms with van der Waals surface area (Å²) in [6.07, 6.45) is 2.35. The van der Waals surface area contributed by atoms with E-state index >= 15 is 0 Å². The number of aromatic nitrogens is 1. The smallest absolute Gasteiger partial charge is 0.224 e. The maximum atomic E-state index is 11.4. The molecule has 5 nitrogen and oxygen atoms in total. The van der Waals surface area contributed by atoms with Gasteiger partial charge in [-0.05, 0) is 29.8 Å². The third-order valence-corrected chi connectivity index (χ3v) is 4.31. The first kappa shape index (κ1) is 16.5. The first-order valence-electron chi connectivity index (χ1n) is 8.51. The van der Waals surface area contributed by atoms with Crippen LogP contribution in [-0.4, -0.2) is 42.0 Å². The van der Waals surface area contributed by atoms with Crippen molar-refractivity contribution in [2.75, 3.05) is 36.4 Å². The summed E-state index contributed by atoms with van der Waals surface area (Å²) in [7, 11) is 0. The molecule has 1 aliphatic heterocycles. The predicted molar refractivity (Wildman–Crippen MR) is 97.1 cm³/mol. The molecule has 3 rings (SSSR count). The number of anilines is 2. The third kappa shape index (κ3) is 4.32. The predicted octanol–water partition coefficient (Wildman–Crippen LogP) is 2.75. The molecule has 0 spiro atoms. The number of hydrogen-bond donors (Lipinski definition) is 1. The third-order valence-electron chi connectivity index (χ3n) is 4.31. The van der Waals surface area contributed by atoms with E-state index in [0.717, 1.165) is 44.2 Å². The zero-order chi connectivity index (χ0) is 16.8. The first-order chi connectivity index (χ1) is 11.7. The second-order valence-electron chi connectivity index (χ2n) is 6.05. The van der Waals surface area contributed by atoms with Crippen molar-refractivity contribution in [3.8, 4) is 0 Å². The van der Waals surface area contributed by atoms with Crippen molar-refractivity contribution in [2.45, 2.75) is 19.9 Å². The van der Waals surface area contributed by atoms with Crippen molar-refractivity contribution in [1.82, 2.24) is 9.88 Å². The highest BCUT2D eigenvalue weighted by Gasteiger charge is 2.17. The van der Waals surface area contributed by atoms with E-state index in [0.29, 0.717) is 6.42 Å². The van der Waals surface area contributed by atoms with E-state index in [4.69, 9.17) is 0 Å². The Hall–Kier alpha value is -2.40. The molecule has 0 bridgehead atoms. The minimum Gasteiger partial charge on any atom is -0.354 e. The Morgan fingerprint density at radius 3 is 2.46 bits per heavy atom. The first-order valence-corrected chi connectivity index (χ1v) is 8.51. The molecular weight excluding hydrogens is 300 g/mol. The van der Waals surface area contributed by atoms with Gasteiger partial charge in [0.05, 0.1) is 0 Å². The van der Waals surface area contributed by atoms with Crippen molar-refractivity contribution in [2.24, 2.45) is 0 Å². The van der Waals surface area contributed by atoms with Crippen molar-refractivity contribution >= 4 is 17.4 Å². The van der Waals surface area contributed by atoms with Gasteiger partial charge in [-0.3, -0.25) is 9.69 Å². The van der Waals surface area contributed by atoms with Crippen LogP contribution in [0.15, 0.2) is 48.7 Å². The lowest BCUT2D eigenvalue weighted by Gasteiger charge is -2.35. The van der Waals surface area contributed by atoms with Gasteiger partial charge in [0.1, 0.15) is 5.82 Å². The number of hydrogen-bond acceptors (Lipinski definition) is 4. The van der Waals surface area contributed by atoms with Gasteiger partial charge < -0.3 is 10.2 Å². The lowest BCUT2D eigenvalue weighted by Crippen LogP contribution is -2.46. The van der Waals surface area contributed by atoms with Gasteiger partial charge in [0.25, 0.3) is 0 Å². The summed E-state index contributed by atoms with van der Waals surface area (Å²) < 4.78 is 0. The standard InChI is InChI=1S/C19H24N4O/c1-2-19(24)21-17-8-6-16(7-9-17)15-22-11-13-23(14-12-22)18-5-3-4-10-20-18/h3-10H,2,11-15H2,1H3,(H,21,24). The average molecular weight is 324 g/mol. The van der Waals surface area contributed by atoms with Gasteiger partial charge in [0, 0.05) is 51.0 Å². The molecule has 24 heavy (non-hydrogen) atoms. The Morgan fingerprint density at radius 2 is 1.83 bits per heavy atom. The number of carbonyl (C=O) groups excluding carboxylic acids is 1. The zero-order valence-corrected chi connectivity index (χ0v) is 14.1. The fourth-order valence-electron chi connectivity index (χ4n) is 2.88. The number of nitrogens with one attached hydrogen (secondary N) is 1. The summed E-state index contributed by atoms with van der Waals surface area (Å²) in [6.45, 7) is 6.87. The molecule has 0 radical (unpaired) electrons. The molecule has 1 N–H and O–H groups in total. The highest BCUT2D eigenvalue weighted by molar-refractivity contribution is 5.90. The summed E-state index contributed by atoms with van der Waals surface area (Å²) in [5.41, 5.74) is 2.14. The zero-order valence-electron chi connectivity index (χ0n) is 14.1. The molecule has 0 atom stereocenters. The van der Waals surface area contributed by atoms with E-state index in [1.165, 1.54) is 5.56 Å². The molecule has 1 fully saturated rings. The average Bonchev–Trinajstić information content (AvgIpc) is 2.64. The Morgan fingerprint density at radius 1 is 1.08 bits per heavy atom. The molecule has 1 aromatic heterocycles. The van der Waals surface area contributed by atoms with Crippen LogP contribution in [0.4, 0.5) is 11.5 Å². The molecule has 1 saturated heterocycles. The monoisotopic (exact) mass is 324 g/mol. The van der Waals surface area contributed by atoms with Crippen molar-refractivity contribution in [1.29, 1.82) is 0 Å². The largest absolute Gasteiger partial charge is 0.354 e. The Balaban J connectivity index is 1.50. The van der Waals surface area contributed by atoms with Crippen LogP contribution in [0.25, 0.3) is 0 Å². The fraction of sp³-hybridized carbons (Fsp3) is 0.368. The maximum Gasteiger partial charge on any atom is 0.224 e. The van der Waals surface area contributed by atoms with Crippen LogP contribution in [0.2, 0.25) is 0 Å². The quantitative estimate of drug-likeness (QED) is 0.919. The second kappa shape index (κ2) is 7.93. The summed E-state index contributed by atoms with van der Waals surface area (Å²) in [5, 5.41) is 2.88. The molecule has 0 unspecified atom stereocenters. The molecule has 0 saturated carbocycles. The topological polar surface area (TPSA) is 48.5 Å². The van der Waals surface area contributed by atoms with Gasteiger partial charge in [-0.15, -0.1) is 0 Å². The lowest BCUT2D eigenvalue weighted by atomic mass is 10.1. The summed E-state index contributed by atoms with van der Waals surface area (Å²) in [4.78, 5) is 20.6. The minimum absolute atomic E-state index is 0.0494. The lowest BCUT2D eigenvalue weighted by molar-refractivity contribution is -0.115. The van der Waals surface area contributed by atoms with Gasteiger partial charge in [-0.1, -0.05) is 25.1 Å². The molecule has 1 amide bonds. The SMILES string of the molecule is CCC(=O)Nc1ccc(CN2CCN(c3ccccn3)CC2)cc1. The second-order valence-corrected chi connectivity index (χ2v) is 6.05. The van der Waals surface area contributed by atoms with Gasteiger partial charge in [0.2, 0.25) is 5.91 Å². The highest BCUT2D eigenvalue weighted by atomic mass is 16.1. The van der Waals surface area contributed by atoms with Gasteiger partial charge in [0.15, 0.2) is 0 Å². The number of carbonyl (C=O) groups is 1. The Bertz CT molecular complexity index is 649. The van der Waals surface area contributed by atoms with Crippen LogP contribution in [-0.2, 0) is 11.3 Å². The van der Waals surface area contributed by atoms with Crippen LogP contribution in [0, 0.1) is 0 Å². The number of rotatable bonds is 5. The molecule has 1 aliphatic rings. The van der Waals surface area contributed by atoms with Crippen LogP contribution < -0.4 is 10.2 Å². The molecule has 2 heterocycles. The highest BCUT2D eigenvalue weighted by Crippen LogP contribution is 2.16. The van der Waals surface area contributed by atoms with Gasteiger partial charge in [-0.2, -0.15) is 0 Å². The van der Waals surface area contributed by atoms with E-state index in [9.17, 15) is 4.79 Å². The Labute approximate surface area is 143 Å². The maximum absolute atomic E-state index is 11.4. The number of benzene rings is 1. The van der Waals surface area contributed by atoms with E-state index in [2.05, 4.69) is 38.3 Å². The number of piperazine rings is 1. The van der Waals surface area contributed by atoms with E-state index in [1.54, 1.807) is 0 Å². The molecule has 1 aromatic carbocycles. The fourth-order valence-corrected chi connectivity index (χ4v) is 2.88. The normalized spacial score (nSPS) is 15.3. The molecule has 0 aliphatic carbocycles. The van der Waals surface area contributed by atoms with Crippen molar-refractivity contribution in [3.05, 3.63) is 54.2 Å². The minimum atomic E-state index is 0.0494. The molecule has 5 heteroatoms. The summed E-state index contributed by atoms with van der Waals surface area (Å²) >= 11 is 0. The van der Waals surface area contributed by atoms with Crippen molar-refractivity contribution < 1.29 is 4.79 Å². The van der Waals surface area contributed by atoms with Crippen molar-refractivity contribution in [3.63, 3.8) is 0 Å². The van der Waals surface area contributed by atoms with Gasteiger partial charge >= 0.3 is 0 Å². The van der Waals surface area contributed by atoms with Gasteiger partial charge in [-0.25, -0.2) is 4.98 Å². The number of pyridine rings is 1. The van der Waals surface area contributed by atoms with Crippen LogP contribution in [0.5, 0.6) is 0 Å². The number of nitrogens with zero attached hydrogens (tertiary/aromatic N) is 3. The summed E-state index contributed by atoms with van der Waals surface area (Å²) in [5.74, 6) is 1.11. The van der Waals surface area contributed by atoms with Crippen LogP contribution in [0.1, 0.15) is 18.9 Å².